The van der Waals surface area contributed by atoms with Crippen LogP contribution in [0.25, 0.3) is 0 Å². The standard InChI is InChI=1S/C32H40N2O/c1-23-11-10-14-29(24(23)2)22-34(4)21-26-17-19-28(20-18-26)30-15-8-9-16-31(30)32(35)33-25(3)27-12-6-5-7-13-27/h5-7,10-14,17-20,25,30-31H,8-9,15-16,21-22H2,1-4H3,(H,33,35)/t25-,30+,31-/m0/s1. The Bertz CT molecular complexity index is 1110. The summed E-state index contributed by atoms with van der Waals surface area (Å²) < 4.78 is 0. The van der Waals surface area contributed by atoms with Crippen molar-refractivity contribution in [2.45, 2.75) is 71.5 Å². The Morgan fingerprint density at radius 3 is 2.37 bits per heavy atom. The van der Waals surface area contributed by atoms with Gasteiger partial charge < -0.3 is 5.32 Å². The predicted octanol–water partition coefficient (Wildman–Crippen LogP) is 7.09. The summed E-state index contributed by atoms with van der Waals surface area (Å²) in [4.78, 5) is 15.7. The molecule has 1 saturated carbocycles. The van der Waals surface area contributed by atoms with E-state index in [-0.39, 0.29) is 17.9 Å². The Kier molecular flexibility index (Phi) is 8.41. The van der Waals surface area contributed by atoms with Gasteiger partial charge in [0, 0.05) is 19.0 Å². The van der Waals surface area contributed by atoms with Crippen molar-refractivity contribution in [2.75, 3.05) is 7.05 Å². The summed E-state index contributed by atoms with van der Waals surface area (Å²) in [6.45, 7) is 8.33. The molecular weight excluding hydrogens is 428 g/mol. The molecule has 1 amide bonds. The molecule has 35 heavy (non-hydrogen) atoms. The second-order valence-electron chi connectivity index (χ2n) is 10.4. The minimum absolute atomic E-state index is 0.0289. The highest BCUT2D eigenvalue weighted by Gasteiger charge is 2.32. The summed E-state index contributed by atoms with van der Waals surface area (Å²) >= 11 is 0. The fraction of sp³-hybridized carbons (Fsp3) is 0.406. The van der Waals surface area contributed by atoms with Crippen molar-refractivity contribution in [3.8, 4) is 0 Å². The van der Waals surface area contributed by atoms with Crippen molar-refractivity contribution in [1.82, 2.24) is 10.2 Å². The smallest absolute Gasteiger partial charge is 0.224 e. The Labute approximate surface area is 211 Å². The van der Waals surface area contributed by atoms with Gasteiger partial charge in [-0.2, -0.15) is 0 Å². The van der Waals surface area contributed by atoms with E-state index in [1.165, 1.54) is 34.2 Å². The molecule has 3 nitrogen and oxygen atoms in total. The van der Waals surface area contributed by atoms with Gasteiger partial charge in [0.25, 0.3) is 0 Å². The van der Waals surface area contributed by atoms with E-state index in [0.717, 1.165) is 37.9 Å². The molecule has 0 aromatic heterocycles. The average molecular weight is 469 g/mol. The highest BCUT2D eigenvalue weighted by atomic mass is 16.1. The van der Waals surface area contributed by atoms with E-state index in [4.69, 9.17) is 0 Å². The average Bonchev–Trinajstić information content (AvgIpc) is 2.88. The minimum Gasteiger partial charge on any atom is -0.349 e. The van der Waals surface area contributed by atoms with E-state index in [2.05, 4.69) is 92.6 Å². The number of carbonyl (C=O) groups excluding carboxylic acids is 1. The van der Waals surface area contributed by atoms with Crippen LogP contribution in [0.3, 0.4) is 0 Å². The van der Waals surface area contributed by atoms with Crippen LogP contribution in [-0.2, 0) is 17.9 Å². The van der Waals surface area contributed by atoms with E-state index < -0.39 is 0 Å². The number of aryl methyl sites for hydroxylation is 1. The van der Waals surface area contributed by atoms with Gasteiger partial charge in [0.15, 0.2) is 0 Å². The lowest BCUT2D eigenvalue weighted by molar-refractivity contribution is -0.127. The van der Waals surface area contributed by atoms with Crippen LogP contribution >= 0.6 is 0 Å². The normalized spacial score (nSPS) is 18.9. The fourth-order valence-corrected chi connectivity index (χ4v) is 5.50. The molecule has 0 heterocycles. The number of nitrogens with one attached hydrogen (secondary N) is 1. The third-order valence-corrected chi connectivity index (χ3v) is 7.78. The molecule has 3 heteroatoms. The van der Waals surface area contributed by atoms with Crippen molar-refractivity contribution >= 4 is 5.91 Å². The number of benzene rings is 3. The van der Waals surface area contributed by atoms with Crippen LogP contribution in [0.5, 0.6) is 0 Å². The van der Waals surface area contributed by atoms with Gasteiger partial charge in [0.1, 0.15) is 0 Å². The molecule has 0 unspecified atom stereocenters. The van der Waals surface area contributed by atoms with E-state index in [0.29, 0.717) is 5.92 Å². The maximum absolute atomic E-state index is 13.3. The van der Waals surface area contributed by atoms with Gasteiger partial charge in [0.05, 0.1) is 6.04 Å². The van der Waals surface area contributed by atoms with Crippen molar-refractivity contribution in [2.24, 2.45) is 5.92 Å². The third kappa shape index (κ3) is 6.41. The zero-order valence-corrected chi connectivity index (χ0v) is 21.8. The monoisotopic (exact) mass is 468 g/mol. The molecule has 0 radical (unpaired) electrons. The second-order valence-corrected chi connectivity index (χ2v) is 10.4. The molecule has 1 aliphatic carbocycles. The number of hydrogen-bond donors (Lipinski definition) is 1. The largest absolute Gasteiger partial charge is 0.349 e. The highest BCUT2D eigenvalue weighted by molar-refractivity contribution is 5.80. The zero-order valence-electron chi connectivity index (χ0n) is 21.8. The molecule has 184 valence electrons. The summed E-state index contributed by atoms with van der Waals surface area (Å²) in [5, 5.41) is 3.29. The lowest BCUT2D eigenvalue weighted by Crippen LogP contribution is -2.37. The van der Waals surface area contributed by atoms with Crippen molar-refractivity contribution in [1.29, 1.82) is 0 Å². The molecule has 4 rings (SSSR count). The topological polar surface area (TPSA) is 32.3 Å². The van der Waals surface area contributed by atoms with Crippen molar-refractivity contribution < 1.29 is 4.79 Å². The SMILES string of the molecule is Cc1cccc(CN(C)Cc2ccc([C@H]3CCCC[C@@H]3C(=O)N[C@@H](C)c3ccccc3)cc2)c1C. The van der Waals surface area contributed by atoms with Crippen LogP contribution in [0.15, 0.2) is 72.8 Å². The fourth-order valence-electron chi connectivity index (χ4n) is 5.50. The van der Waals surface area contributed by atoms with Gasteiger partial charge in [-0.15, -0.1) is 0 Å². The second kappa shape index (κ2) is 11.7. The van der Waals surface area contributed by atoms with Gasteiger partial charge >= 0.3 is 0 Å². The first-order valence-electron chi connectivity index (χ1n) is 13.1. The number of hydrogen-bond acceptors (Lipinski definition) is 2. The Hall–Kier alpha value is -2.91. The highest BCUT2D eigenvalue weighted by Crippen LogP contribution is 2.38. The van der Waals surface area contributed by atoms with E-state index in [1.54, 1.807) is 0 Å². The molecule has 0 spiro atoms. The van der Waals surface area contributed by atoms with Gasteiger partial charge in [-0.25, -0.2) is 0 Å². The van der Waals surface area contributed by atoms with E-state index in [1.807, 2.05) is 18.2 Å². The summed E-state index contributed by atoms with van der Waals surface area (Å²) in [7, 11) is 2.19. The first kappa shape index (κ1) is 25.2. The zero-order chi connectivity index (χ0) is 24.8. The number of nitrogens with zero attached hydrogens (tertiary/aromatic N) is 1. The van der Waals surface area contributed by atoms with Gasteiger partial charge in [-0.3, -0.25) is 9.69 Å². The molecule has 0 saturated heterocycles. The summed E-state index contributed by atoms with van der Waals surface area (Å²) in [6.07, 6.45) is 4.39. The summed E-state index contributed by atoms with van der Waals surface area (Å²) in [5.41, 5.74) is 7.91. The van der Waals surface area contributed by atoms with Crippen LogP contribution in [0.1, 0.15) is 77.9 Å². The van der Waals surface area contributed by atoms with Gasteiger partial charge in [-0.1, -0.05) is 85.6 Å². The van der Waals surface area contributed by atoms with Crippen molar-refractivity contribution in [3.63, 3.8) is 0 Å². The first-order valence-corrected chi connectivity index (χ1v) is 13.1. The Balaban J connectivity index is 1.39. The third-order valence-electron chi connectivity index (χ3n) is 7.78. The Morgan fingerprint density at radius 2 is 1.63 bits per heavy atom. The quantitative estimate of drug-likeness (QED) is 0.383. The molecule has 0 aliphatic heterocycles. The van der Waals surface area contributed by atoms with Gasteiger partial charge in [-0.05, 0) is 80.0 Å². The predicted molar refractivity (Wildman–Crippen MR) is 145 cm³/mol. The molecule has 1 N–H and O–H groups in total. The number of amides is 1. The molecular formula is C32H40N2O. The minimum atomic E-state index is 0.0289. The molecule has 1 aliphatic rings. The van der Waals surface area contributed by atoms with Crippen molar-refractivity contribution in [3.05, 3.63) is 106 Å². The lowest BCUT2D eigenvalue weighted by Gasteiger charge is -2.32. The number of rotatable bonds is 8. The summed E-state index contributed by atoms with van der Waals surface area (Å²) in [6, 6.07) is 25.9. The van der Waals surface area contributed by atoms with Crippen LogP contribution in [0.4, 0.5) is 0 Å². The van der Waals surface area contributed by atoms with Crippen LogP contribution < -0.4 is 5.32 Å². The first-order chi connectivity index (χ1) is 16.9. The molecule has 3 atom stereocenters. The van der Waals surface area contributed by atoms with E-state index >= 15 is 0 Å². The maximum Gasteiger partial charge on any atom is 0.224 e. The van der Waals surface area contributed by atoms with Crippen LogP contribution in [-0.4, -0.2) is 17.9 Å². The molecule has 3 aromatic rings. The lowest BCUT2D eigenvalue weighted by atomic mass is 9.74. The molecule has 0 bridgehead atoms. The summed E-state index contributed by atoms with van der Waals surface area (Å²) in [5.74, 6) is 0.546. The maximum atomic E-state index is 13.3. The van der Waals surface area contributed by atoms with Gasteiger partial charge in [0.2, 0.25) is 5.91 Å². The van der Waals surface area contributed by atoms with Crippen LogP contribution in [0, 0.1) is 19.8 Å². The molecule has 3 aromatic carbocycles. The Morgan fingerprint density at radius 1 is 0.914 bits per heavy atom. The van der Waals surface area contributed by atoms with Crippen LogP contribution in [0.2, 0.25) is 0 Å². The van der Waals surface area contributed by atoms with E-state index in [9.17, 15) is 4.79 Å². The molecule has 1 fully saturated rings. The number of carbonyl (C=O) groups is 1.